The summed E-state index contributed by atoms with van der Waals surface area (Å²) in [6.45, 7) is 2.75. The van der Waals surface area contributed by atoms with Crippen LogP contribution in [-0.2, 0) is 21.6 Å². The quantitative estimate of drug-likeness (QED) is 0.424. The van der Waals surface area contributed by atoms with E-state index in [1.807, 2.05) is 42.5 Å². The molecule has 1 aliphatic rings. The van der Waals surface area contributed by atoms with E-state index in [2.05, 4.69) is 17.0 Å². The van der Waals surface area contributed by atoms with Crippen molar-refractivity contribution in [3.05, 3.63) is 96.1 Å². The molecule has 2 atom stereocenters. The molecule has 6 heteroatoms. The Hall–Kier alpha value is -3.09. The van der Waals surface area contributed by atoms with Gasteiger partial charge in [-0.1, -0.05) is 60.7 Å². The Morgan fingerprint density at radius 3 is 2.24 bits per heavy atom. The third-order valence-electron chi connectivity index (χ3n) is 6.54. The Bertz CT molecular complexity index is 991. The highest BCUT2D eigenvalue weighted by Crippen LogP contribution is 2.32. The number of piperidine rings is 1. The third-order valence-corrected chi connectivity index (χ3v) is 6.54. The van der Waals surface area contributed by atoms with Crippen molar-refractivity contribution in [1.82, 2.24) is 9.97 Å². The highest BCUT2D eigenvalue weighted by molar-refractivity contribution is 5.85. The van der Waals surface area contributed by atoms with E-state index in [4.69, 9.17) is 4.74 Å². The summed E-state index contributed by atoms with van der Waals surface area (Å²) in [6.07, 6.45) is 6.90. The summed E-state index contributed by atoms with van der Waals surface area (Å²) in [5.41, 5.74) is -0.817. The van der Waals surface area contributed by atoms with Crippen LogP contribution in [0.15, 0.2) is 79.1 Å². The molecule has 1 aromatic heterocycles. The lowest BCUT2D eigenvalue weighted by Crippen LogP contribution is -2.55. The van der Waals surface area contributed by atoms with Crippen molar-refractivity contribution in [3.63, 3.8) is 0 Å². The topological polar surface area (TPSA) is 72.3 Å². The Kier molecular flexibility index (Phi) is 7.16. The summed E-state index contributed by atoms with van der Waals surface area (Å²) in [4.78, 5) is 22.1. The average Bonchev–Trinajstić information content (AvgIpc) is 2.85. The van der Waals surface area contributed by atoms with Crippen LogP contribution in [0.3, 0.4) is 0 Å². The zero-order valence-corrected chi connectivity index (χ0v) is 19.1. The second-order valence-corrected chi connectivity index (χ2v) is 9.13. The van der Waals surface area contributed by atoms with Gasteiger partial charge in [-0.05, 0) is 23.6 Å². The number of aliphatic hydroxyl groups is 1. The van der Waals surface area contributed by atoms with Crippen LogP contribution < -0.4 is 0 Å². The molecule has 4 rings (SSSR count). The standard InChI is InChI=1S/C27H32N3O3/c1-30(20-9-16-25-28-17-10-18-29-25)19-8-15-24(21-30)33-26(31)27(32,22-11-4-2-5-12-22)23-13-6-3-7-14-23/h2-7,10-14,17-18,24,32H,8-9,15-16,19-21H2,1H3/q+1. The highest BCUT2D eigenvalue weighted by atomic mass is 16.6. The fourth-order valence-electron chi connectivity index (χ4n) is 4.75. The first-order valence-corrected chi connectivity index (χ1v) is 11.6. The molecule has 172 valence electrons. The number of nitrogens with zero attached hydrogens (tertiary/aromatic N) is 3. The molecule has 0 radical (unpaired) electrons. The zero-order chi connectivity index (χ0) is 23.2. The Morgan fingerprint density at radius 2 is 1.64 bits per heavy atom. The average molecular weight is 447 g/mol. The molecule has 0 aliphatic carbocycles. The van der Waals surface area contributed by atoms with Gasteiger partial charge < -0.3 is 14.3 Å². The number of aromatic nitrogens is 2. The molecule has 1 saturated heterocycles. The van der Waals surface area contributed by atoms with E-state index in [9.17, 15) is 9.90 Å². The molecule has 0 amide bonds. The summed E-state index contributed by atoms with van der Waals surface area (Å²) in [5.74, 6) is 0.246. The van der Waals surface area contributed by atoms with Crippen LogP contribution in [0.2, 0.25) is 0 Å². The van der Waals surface area contributed by atoms with Crippen molar-refractivity contribution >= 4 is 5.97 Å². The minimum atomic E-state index is -1.84. The van der Waals surface area contributed by atoms with Crippen LogP contribution in [0.1, 0.15) is 36.2 Å². The van der Waals surface area contributed by atoms with Crippen molar-refractivity contribution in [2.24, 2.45) is 0 Å². The first-order chi connectivity index (χ1) is 16.0. The van der Waals surface area contributed by atoms with Gasteiger partial charge in [0.1, 0.15) is 12.4 Å². The van der Waals surface area contributed by atoms with Crippen molar-refractivity contribution in [1.29, 1.82) is 0 Å². The molecule has 0 bridgehead atoms. The molecule has 1 fully saturated rings. The monoisotopic (exact) mass is 446 g/mol. The summed E-state index contributed by atoms with van der Waals surface area (Å²) >= 11 is 0. The maximum atomic E-state index is 13.4. The van der Waals surface area contributed by atoms with Gasteiger partial charge in [0.2, 0.25) is 5.60 Å². The lowest BCUT2D eigenvalue weighted by Gasteiger charge is -2.41. The Labute approximate surface area is 195 Å². The first kappa shape index (κ1) is 23.1. The fourth-order valence-corrected chi connectivity index (χ4v) is 4.75. The molecular formula is C27H32N3O3+. The minimum Gasteiger partial charge on any atom is -0.454 e. The smallest absolute Gasteiger partial charge is 0.348 e. The first-order valence-electron chi connectivity index (χ1n) is 11.6. The van der Waals surface area contributed by atoms with Crippen LogP contribution >= 0.6 is 0 Å². The second kappa shape index (κ2) is 10.2. The molecule has 1 aliphatic heterocycles. The predicted octanol–water partition coefficient (Wildman–Crippen LogP) is 3.50. The van der Waals surface area contributed by atoms with E-state index < -0.39 is 11.6 Å². The fraction of sp³-hybridized carbons (Fsp3) is 0.370. The van der Waals surface area contributed by atoms with Gasteiger partial charge in [-0.15, -0.1) is 0 Å². The molecule has 33 heavy (non-hydrogen) atoms. The van der Waals surface area contributed by atoms with Gasteiger partial charge >= 0.3 is 5.97 Å². The number of carbonyl (C=O) groups excluding carboxylic acids is 1. The summed E-state index contributed by atoms with van der Waals surface area (Å²) in [5, 5.41) is 11.7. The van der Waals surface area contributed by atoms with E-state index in [0.29, 0.717) is 11.1 Å². The lowest BCUT2D eigenvalue weighted by atomic mass is 9.86. The number of quaternary nitrogens is 1. The van der Waals surface area contributed by atoms with E-state index in [1.54, 1.807) is 36.7 Å². The van der Waals surface area contributed by atoms with Gasteiger partial charge in [0, 0.05) is 31.7 Å². The van der Waals surface area contributed by atoms with E-state index in [0.717, 1.165) is 55.6 Å². The zero-order valence-electron chi connectivity index (χ0n) is 19.1. The Morgan fingerprint density at radius 1 is 1.03 bits per heavy atom. The number of aryl methyl sites for hydroxylation is 1. The van der Waals surface area contributed by atoms with Gasteiger partial charge in [-0.25, -0.2) is 14.8 Å². The highest BCUT2D eigenvalue weighted by Gasteiger charge is 2.44. The molecule has 6 nitrogen and oxygen atoms in total. The summed E-state index contributed by atoms with van der Waals surface area (Å²) in [6, 6.07) is 19.9. The van der Waals surface area contributed by atoms with Crippen molar-refractivity contribution in [2.75, 3.05) is 26.7 Å². The molecule has 3 aromatic rings. The molecular weight excluding hydrogens is 414 g/mol. The number of hydrogen-bond acceptors (Lipinski definition) is 5. The second-order valence-electron chi connectivity index (χ2n) is 9.13. The largest absolute Gasteiger partial charge is 0.454 e. The van der Waals surface area contributed by atoms with E-state index in [1.165, 1.54) is 0 Å². The lowest BCUT2D eigenvalue weighted by molar-refractivity contribution is -0.917. The van der Waals surface area contributed by atoms with Crippen molar-refractivity contribution < 1.29 is 19.1 Å². The van der Waals surface area contributed by atoms with Crippen LogP contribution in [0, 0.1) is 0 Å². The number of carbonyl (C=O) groups is 1. The van der Waals surface area contributed by atoms with Gasteiger partial charge in [0.25, 0.3) is 0 Å². The summed E-state index contributed by atoms with van der Waals surface area (Å²) < 4.78 is 6.83. The molecule has 1 N–H and O–H groups in total. The normalized spacial score (nSPS) is 20.8. The number of esters is 1. The number of ether oxygens (including phenoxy) is 1. The summed E-state index contributed by atoms with van der Waals surface area (Å²) in [7, 11) is 2.21. The van der Waals surface area contributed by atoms with Crippen LogP contribution in [0.25, 0.3) is 0 Å². The molecule has 0 spiro atoms. The third kappa shape index (κ3) is 5.46. The van der Waals surface area contributed by atoms with Crippen molar-refractivity contribution in [2.45, 2.75) is 37.4 Å². The maximum Gasteiger partial charge on any atom is 0.348 e. The minimum absolute atomic E-state index is 0.233. The van der Waals surface area contributed by atoms with Gasteiger partial charge in [-0.2, -0.15) is 0 Å². The molecule has 2 unspecified atom stereocenters. The number of likely N-dealkylation sites (tertiary alicyclic amines) is 1. The number of benzene rings is 2. The Balaban J connectivity index is 1.44. The number of likely N-dealkylation sites (N-methyl/N-ethyl adjacent to an activating group) is 1. The number of rotatable bonds is 8. The van der Waals surface area contributed by atoms with Gasteiger partial charge in [-0.3, -0.25) is 0 Å². The van der Waals surface area contributed by atoms with Crippen LogP contribution in [-0.4, -0.2) is 58.3 Å². The predicted molar refractivity (Wildman–Crippen MR) is 126 cm³/mol. The maximum absolute atomic E-state index is 13.4. The van der Waals surface area contributed by atoms with Crippen LogP contribution in [0.4, 0.5) is 0 Å². The van der Waals surface area contributed by atoms with Crippen LogP contribution in [0.5, 0.6) is 0 Å². The molecule has 2 heterocycles. The molecule has 0 saturated carbocycles. The number of hydrogen-bond donors (Lipinski definition) is 1. The molecule has 2 aromatic carbocycles. The van der Waals surface area contributed by atoms with E-state index >= 15 is 0 Å². The van der Waals surface area contributed by atoms with Crippen molar-refractivity contribution in [3.8, 4) is 0 Å². The van der Waals surface area contributed by atoms with Gasteiger partial charge in [0.15, 0.2) is 6.10 Å². The van der Waals surface area contributed by atoms with E-state index in [-0.39, 0.29) is 6.10 Å². The SMILES string of the molecule is C[N+]1(CCCc2ncccn2)CCCC(OC(=O)C(O)(c2ccccc2)c2ccccc2)C1. The van der Waals surface area contributed by atoms with Gasteiger partial charge in [0.05, 0.1) is 20.1 Å².